The Labute approximate surface area is 132 Å². The molecule has 0 saturated carbocycles. The molecule has 0 bridgehead atoms. The van der Waals surface area contributed by atoms with Crippen molar-refractivity contribution >= 4 is 11.6 Å². The van der Waals surface area contributed by atoms with E-state index in [9.17, 15) is 20.4 Å². The molecule has 128 valence electrons. The van der Waals surface area contributed by atoms with Gasteiger partial charge in [-0.25, -0.2) is 4.98 Å². The maximum atomic E-state index is 10.1. The predicted octanol–water partition coefficient (Wildman–Crippen LogP) is -2.70. The van der Waals surface area contributed by atoms with Crippen LogP contribution in [-0.4, -0.2) is 89.7 Å². The van der Waals surface area contributed by atoms with E-state index in [0.29, 0.717) is 17.3 Å². The van der Waals surface area contributed by atoms with Gasteiger partial charge in [0.25, 0.3) is 5.78 Å². The summed E-state index contributed by atoms with van der Waals surface area (Å²) in [5.41, 5.74) is 0.707. The zero-order valence-electron chi connectivity index (χ0n) is 12.9. The van der Waals surface area contributed by atoms with E-state index in [4.69, 9.17) is 5.11 Å². The van der Waals surface area contributed by atoms with Crippen molar-refractivity contribution < 1.29 is 25.5 Å². The molecule has 10 heteroatoms. The minimum atomic E-state index is -1.66. The van der Waals surface area contributed by atoms with Crippen molar-refractivity contribution in [2.45, 2.75) is 31.3 Å². The van der Waals surface area contributed by atoms with Crippen LogP contribution >= 0.6 is 0 Å². The van der Waals surface area contributed by atoms with Crippen LogP contribution in [0.4, 0.5) is 5.82 Å². The Bertz CT molecular complexity index is 651. The highest BCUT2D eigenvalue weighted by molar-refractivity contribution is 5.46. The number of anilines is 1. The van der Waals surface area contributed by atoms with E-state index in [2.05, 4.69) is 15.1 Å². The minimum Gasteiger partial charge on any atom is -0.394 e. The molecule has 4 atom stereocenters. The van der Waals surface area contributed by atoms with Gasteiger partial charge < -0.3 is 30.4 Å². The SMILES string of the molecule is Cc1cc(N(C)C[C@H](O)[C@H](O)[C@@H](O)[C@@H](O)CO)n2ncnc2n1. The highest BCUT2D eigenvalue weighted by Crippen LogP contribution is 2.16. The van der Waals surface area contributed by atoms with Crippen molar-refractivity contribution in [3.63, 3.8) is 0 Å². The number of aliphatic hydroxyl groups excluding tert-OH is 5. The lowest BCUT2D eigenvalue weighted by molar-refractivity contribution is -0.112. The molecule has 2 heterocycles. The highest BCUT2D eigenvalue weighted by Gasteiger charge is 2.31. The standard InChI is InChI=1S/C13H21N5O5/c1-7-3-10(18-13(16-7)14-6-15-18)17(2)4-8(20)11(22)12(23)9(21)5-19/h3,6,8-9,11-12,19-23H,4-5H2,1-2H3/t8-,9-,11-,12-/m0/s1. The number of hydrogen-bond donors (Lipinski definition) is 5. The highest BCUT2D eigenvalue weighted by atomic mass is 16.4. The van der Waals surface area contributed by atoms with Gasteiger partial charge in [0.05, 0.1) is 12.7 Å². The largest absolute Gasteiger partial charge is 0.394 e. The van der Waals surface area contributed by atoms with Crippen LogP contribution in [0.2, 0.25) is 0 Å². The van der Waals surface area contributed by atoms with E-state index in [1.54, 1.807) is 24.9 Å². The topological polar surface area (TPSA) is 147 Å². The molecule has 2 aromatic rings. The summed E-state index contributed by atoms with van der Waals surface area (Å²) in [6.07, 6.45) is -4.81. The number of nitrogens with zero attached hydrogens (tertiary/aromatic N) is 5. The van der Waals surface area contributed by atoms with Crippen LogP contribution in [0.25, 0.3) is 5.78 Å². The van der Waals surface area contributed by atoms with Crippen molar-refractivity contribution in [2.24, 2.45) is 0 Å². The molecule has 0 aliphatic rings. The molecular formula is C13H21N5O5. The second kappa shape index (κ2) is 7.15. The second-order valence-electron chi connectivity index (χ2n) is 5.41. The third-order valence-corrected chi connectivity index (χ3v) is 3.54. The summed E-state index contributed by atoms with van der Waals surface area (Å²) in [6.45, 7) is 1.03. The molecule has 10 nitrogen and oxygen atoms in total. The molecule has 0 aromatic carbocycles. The lowest BCUT2D eigenvalue weighted by Gasteiger charge is -2.29. The first-order valence-electron chi connectivity index (χ1n) is 7.06. The summed E-state index contributed by atoms with van der Waals surface area (Å²) in [4.78, 5) is 9.82. The molecule has 2 aromatic heterocycles. The van der Waals surface area contributed by atoms with Gasteiger partial charge in [0.2, 0.25) is 0 Å². The number of aryl methyl sites for hydroxylation is 1. The molecule has 0 unspecified atom stereocenters. The van der Waals surface area contributed by atoms with Crippen molar-refractivity contribution in [3.8, 4) is 0 Å². The molecule has 0 radical (unpaired) electrons. The average Bonchev–Trinajstić information content (AvgIpc) is 2.99. The van der Waals surface area contributed by atoms with E-state index in [0.717, 1.165) is 0 Å². The van der Waals surface area contributed by atoms with Crippen LogP contribution < -0.4 is 4.90 Å². The molecule has 0 amide bonds. The first kappa shape index (κ1) is 17.5. The van der Waals surface area contributed by atoms with E-state index in [1.807, 2.05) is 0 Å². The van der Waals surface area contributed by atoms with Gasteiger partial charge in [0.1, 0.15) is 30.5 Å². The maximum absolute atomic E-state index is 10.1. The molecular weight excluding hydrogens is 306 g/mol. The smallest absolute Gasteiger partial charge is 0.254 e. The Hall–Kier alpha value is -1.85. The lowest BCUT2D eigenvalue weighted by atomic mass is 10.0. The Morgan fingerprint density at radius 3 is 2.48 bits per heavy atom. The summed E-state index contributed by atoms with van der Waals surface area (Å²) in [6, 6.07) is 1.74. The van der Waals surface area contributed by atoms with Gasteiger partial charge in [-0.2, -0.15) is 14.6 Å². The third-order valence-electron chi connectivity index (χ3n) is 3.54. The second-order valence-corrected chi connectivity index (χ2v) is 5.41. The van der Waals surface area contributed by atoms with Crippen molar-refractivity contribution in [3.05, 3.63) is 18.1 Å². The van der Waals surface area contributed by atoms with Gasteiger partial charge in [0, 0.05) is 25.4 Å². The van der Waals surface area contributed by atoms with Crippen LogP contribution in [0, 0.1) is 6.92 Å². The third kappa shape index (κ3) is 3.74. The molecule has 5 N–H and O–H groups in total. The number of fused-ring (bicyclic) bond motifs is 1. The van der Waals surface area contributed by atoms with Gasteiger partial charge >= 0.3 is 0 Å². The molecule has 0 saturated heterocycles. The molecule has 0 aliphatic heterocycles. The van der Waals surface area contributed by atoms with Gasteiger partial charge in [-0.1, -0.05) is 0 Å². The van der Waals surface area contributed by atoms with Crippen molar-refractivity contribution in [1.82, 2.24) is 19.6 Å². The van der Waals surface area contributed by atoms with E-state index in [1.165, 1.54) is 10.8 Å². The van der Waals surface area contributed by atoms with Crippen LogP contribution in [0.3, 0.4) is 0 Å². The van der Waals surface area contributed by atoms with Gasteiger partial charge in [-0.15, -0.1) is 0 Å². The van der Waals surface area contributed by atoms with Crippen LogP contribution in [0.15, 0.2) is 12.4 Å². The Morgan fingerprint density at radius 1 is 1.17 bits per heavy atom. The van der Waals surface area contributed by atoms with E-state index < -0.39 is 31.0 Å². The number of aliphatic hydroxyl groups is 5. The zero-order valence-corrected chi connectivity index (χ0v) is 12.9. The fourth-order valence-electron chi connectivity index (χ4n) is 2.23. The lowest BCUT2D eigenvalue weighted by Crippen LogP contribution is -2.49. The van der Waals surface area contributed by atoms with Gasteiger partial charge in [-0.05, 0) is 6.92 Å². The molecule has 23 heavy (non-hydrogen) atoms. The summed E-state index contributed by atoms with van der Waals surface area (Å²) in [5.74, 6) is 0.992. The Balaban J connectivity index is 2.14. The summed E-state index contributed by atoms with van der Waals surface area (Å²) < 4.78 is 1.48. The summed E-state index contributed by atoms with van der Waals surface area (Å²) in [7, 11) is 1.67. The van der Waals surface area contributed by atoms with Crippen LogP contribution in [-0.2, 0) is 0 Å². The first-order valence-corrected chi connectivity index (χ1v) is 7.06. The monoisotopic (exact) mass is 327 g/mol. The van der Waals surface area contributed by atoms with Crippen molar-refractivity contribution in [1.29, 1.82) is 0 Å². The van der Waals surface area contributed by atoms with Crippen molar-refractivity contribution in [2.75, 3.05) is 25.1 Å². The fourth-order valence-corrected chi connectivity index (χ4v) is 2.23. The minimum absolute atomic E-state index is 0.0468. The van der Waals surface area contributed by atoms with E-state index in [-0.39, 0.29) is 6.54 Å². The molecule has 0 aliphatic carbocycles. The Kier molecular flexibility index (Phi) is 5.44. The van der Waals surface area contributed by atoms with Gasteiger partial charge in [-0.3, -0.25) is 0 Å². The van der Waals surface area contributed by atoms with Crippen LogP contribution in [0.1, 0.15) is 5.69 Å². The summed E-state index contributed by atoms with van der Waals surface area (Å²) >= 11 is 0. The zero-order chi connectivity index (χ0) is 17.1. The normalized spacial score (nSPS) is 17.0. The Morgan fingerprint density at radius 2 is 1.83 bits per heavy atom. The molecule has 2 rings (SSSR count). The molecule has 0 fully saturated rings. The number of rotatable bonds is 7. The summed E-state index contributed by atoms with van der Waals surface area (Å²) in [5, 5.41) is 51.7. The predicted molar refractivity (Wildman–Crippen MR) is 79.9 cm³/mol. The maximum Gasteiger partial charge on any atom is 0.254 e. The number of aromatic nitrogens is 4. The number of likely N-dealkylation sites (N-methyl/N-ethyl adjacent to an activating group) is 1. The number of hydrogen-bond acceptors (Lipinski definition) is 9. The first-order chi connectivity index (χ1) is 10.8. The quantitative estimate of drug-likeness (QED) is 0.366. The van der Waals surface area contributed by atoms with Gasteiger partial charge in [0.15, 0.2) is 0 Å². The van der Waals surface area contributed by atoms with Crippen LogP contribution in [0.5, 0.6) is 0 Å². The average molecular weight is 327 g/mol. The molecule has 0 spiro atoms. The fraction of sp³-hybridized carbons (Fsp3) is 0.615. The van der Waals surface area contributed by atoms with E-state index >= 15 is 0 Å².